The van der Waals surface area contributed by atoms with E-state index in [1.807, 2.05) is 0 Å². The Hall–Kier alpha value is -0.250. The van der Waals surface area contributed by atoms with Crippen molar-refractivity contribution in [1.82, 2.24) is 0 Å². The van der Waals surface area contributed by atoms with Gasteiger partial charge in [-0.05, 0) is 18.0 Å². The number of rotatable bonds is 3. The van der Waals surface area contributed by atoms with Gasteiger partial charge in [0.2, 0.25) is 5.24 Å². The van der Waals surface area contributed by atoms with Gasteiger partial charge in [-0.3, -0.25) is 4.79 Å². The zero-order valence-corrected chi connectivity index (χ0v) is 5.80. The van der Waals surface area contributed by atoms with Gasteiger partial charge >= 0.3 is 6.18 Å². The summed E-state index contributed by atoms with van der Waals surface area (Å²) >= 11 is 4.80. The van der Waals surface area contributed by atoms with E-state index in [2.05, 4.69) is 0 Å². The van der Waals surface area contributed by atoms with Gasteiger partial charge in [0.1, 0.15) is 0 Å². The summed E-state index contributed by atoms with van der Waals surface area (Å²) < 4.78 is 34.1. The molecule has 0 heterocycles. The molecule has 0 aliphatic carbocycles. The molecular weight excluding hydrogens is 169 g/mol. The molecule has 0 spiro atoms. The van der Waals surface area contributed by atoms with E-state index in [0.29, 0.717) is 0 Å². The molecule has 0 aliphatic heterocycles. The van der Waals surface area contributed by atoms with Crippen molar-refractivity contribution in [2.75, 3.05) is 0 Å². The van der Waals surface area contributed by atoms with Crippen molar-refractivity contribution >= 4 is 16.8 Å². The molecule has 0 aromatic carbocycles. The minimum absolute atomic E-state index is 0.207. The van der Waals surface area contributed by atoms with Gasteiger partial charge in [-0.25, -0.2) is 0 Å². The summed E-state index contributed by atoms with van der Waals surface area (Å²) in [5, 5.41) is -0.718. The Morgan fingerprint density at radius 1 is 1.40 bits per heavy atom. The second-order valence-electron chi connectivity index (χ2n) is 1.82. The maximum atomic E-state index is 11.4. The fourth-order valence-electron chi connectivity index (χ4n) is 0.428. The molecule has 10 heavy (non-hydrogen) atoms. The Morgan fingerprint density at radius 2 is 1.90 bits per heavy atom. The molecule has 0 amide bonds. The van der Waals surface area contributed by atoms with E-state index in [9.17, 15) is 18.0 Å². The van der Waals surface area contributed by atoms with Gasteiger partial charge in [0.25, 0.3) is 0 Å². The van der Waals surface area contributed by atoms with Gasteiger partial charge in [-0.2, -0.15) is 13.2 Å². The Labute approximate surface area is 61.2 Å². The number of alkyl halides is 3. The average molecular weight is 175 g/mol. The second-order valence-corrected chi connectivity index (χ2v) is 2.25. The molecule has 0 atom stereocenters. The van der Waals surface area contributed by atoms with Crippen LogP contribution in [0.3, 0.4) is 0 Å². The number of halogens is 4. The van der Waals surface area contributed by atoms with Crippen LogP contribution in [0.5, 0.6) is 0 Å². The van der Waals surface area contributed by atoms with Gasteiger partial charge < -0.3 is 0 Å². The van der Waals surface area contributed by atoms with Gasteiger partial charge in [0.05, 0.1) is 0 Å². The topological polar surface area (TPSA) is 17.1 Å². The van der Waals surface area contributed by atoms with Crippen LogP contribution >= 0.6 is 11.6 Å². The molecule has 0 bridgehead atoms. The lowest BCUT2D eigenvalue weighted by Gasteiger charge is -2.02. The zero-order chi connectivity index (χ0) is 8.20. The molecule has 0 aliphatic rings. The van der Waals surface area contributed by atoms with Crippen LogP contribution in [0, 0.1) is 0 Å². The molecule has 0 unspecified atom stereocenters. The van der Waals surface area contributed by atoms with Crippen LogP contribution < -0.4 is 0 Å². The minimum Gasteiger partial charge on any atom is -0.281 e. The SMILES string of the molecule is O=C(Cl)CCCC(F)(F)F. The number of carbonyl (C=O) groups is 1. The Morgan fingerprint density at radius 3 is 2.20 bits per heavy atom. The van der Waals surface area contributed by atoms with E-state index >= 15 is 0 Å². The third-order valence-corrected chi connectivity index (χ3v) is 1.02. The normalized spacial score (nSPS) is 11.6. The maximum Gasteiger partial charge on any atom is 0.389 e. The van der Waals surface area contributed by atoms with Crippen molar-refractivity contribution in [2.24, 2.45) is 0 Å². The van der Waals surface area contributed by atoms with Crippen LogP contribution in [0.2, 0.25) is 0 Å². The smallest absolute Gasteiger partial charge is 0.281 e. The first-order chi connectivity index (χ1) is 4.42. The third kappa shape index (κ3) is 7.75. The molecule has 0 aromatic rings. The first kappa shape index (κ1) is 9.75. The van der Waals surface area contributed by atoms with Crippen LogP contribution in [0.15, 0.2) is 0 Å². The van der Waals surface area contributed by atoms with Crippen LogP contribution in [0.25, 0.3) is 0 Å². The predicted molar refractivity (Wildman–Crippen MR) is 30.8 cm³/mol. The lowest BCUT2D eigenvalue weighted by molar-refractivity contribution is -0.136. The van der Waals surface area contributed by atoms with Crippen LogP contribution in [0.4, 0.5) is 13.2 Å². The highest BCUT2D eigenvalue weighted by Gasteiger charge is 2.26. The minimum atomic E-state index is -4.17. The molecule has 0 radical (unpaired) electrons. The molecule has 0 saturated heterocycles. The molecule has 0 saturated carbocycles. The van der Waals surface area contributed by atoms with Crippen LogP contribution in [-0.2, 0) is 4.79 Å². The first-order valence-corrected chi connectivity index (χ1v) is 3.05. The van der Waals surface area contributed by atoms with E-state index in [4.69, 9.17) is 11.6 Å². The average Bonchev–Trinajstić information content (AvgIpc) is 1.59. The summed E-state index contributed by atoms with van der Waals surface area (Å²) in [4.78, 5) is 9.93. The zero-order valence-electron chi connectivity index (χ0n) is 5.04. The lowest BCUT2D eigenvalue weighted by Crippen LogP contribution is -2.06. The lowest BCUT2D eigenvalue weighted by atomic mass is 10.2. The van der Waals surface area contributed by atoms with Crippen LogP contribution in [0.1, 0.15) is 19.3 Å². The maximum absolute atomic E-state index is 11.4. The van der Waals surface area contributed by atoms with Gasteiger partial charge in [-0.15, -0.1) is 0 Å². The highest BCUT2D eigenvalue weighted by molar-refractivity contribution is 6.63. The van der Waals surface area contributed by atoms with E-state index in [0.717, 1.165) is 0 Å². The van der Waals surface area contributed by atoms with Gasteiger partial charge in [0.15, 0.2) is 0 Å². The molecule has 1 nitrogen and oxygen atoms in total. The summed E-state index contributed by atoms with van der Waals surface area (Å²) in [5.41, 5.74) is 0. The van der Waals surface area contributed by atoms with E-state index in [1.54, 1.807) is 0 Å². The second kappa shape index (κ2) is 3.81. The van der Waals surface area contributed by atoms with Gasteiger partial charge in [0, 0.05) is 12.8 Å². The number of hydrogen-bond acceptors (Lipinski definition) is 1. The summed E-state index contributed by atoms with van der Waals surface area (Å²) in [7, 11) is 0. The Kier molecular flexibility index (Phi) is 3.71. The van der Waals surface area contributed by atoms with Crippen molar-refractivity contribution in [2.45, 2.75) is 25.4 Å². The molecule has 0 fully saturated rings. The Balaban J connectivity index is 3.29. The summed E-state index contributed by atoms with van der Waals surface area (Å²) in [5.74, 6) is 0. The van der Waals surface area contributed by atoms with Crippen molar-refractivity contribution in [1.29, 1.82) is 0 Å². The monoisotopic (exact) mass is 174 g/mol. The summed E-state index contributed by atoms with van der Waals surface area (Å²) in [6.07, 6.45) is -5.54. The van der Waals surface area contributed by atoms with Crippen molar-refractivity contribution in [3.8, 4) is 0 Å². The molecule has 0 N–H and O–H groups in total. The molecule has 0 aromatic heterocycles. The highest BCUT2D eigenvalue weighted by atomic mass is 35.5. The summed E-state index contributed by atoms with van der Waals surface area (Å²) in [6.45, 7) is 0. The highest BCUT2D eigenvalue weighted by Crippen LogP contribution is 2.22. The van der Waals surface area contributed by atoms with Gasteiger partial charge in [-0.1, -0.05) is 0 Å². The standard InChI is InChI=1S/C5H6ClF3O/c6-4(10)2-1-3-5(7,8)9/h1-3H2. The first-order valence-electron chi connectivity index (χ1n) is 2.67. The summed E-state index contributed by atoms with van der Waals surface area (Å²) in [6, 6.07) is 0. The fraction of sp³-hybridized carbons (Fsp3) is 0.800. The molecule has 60 valence electrons. The quantitative estimate of drug-likeness (QED) is 0.601. The molecule has 0 rings (SSSR count). The molecule has 5 heteroatoms. The number of carbonyl (C=O) groups excluding carboxylic acids is 1. The van der Waals surface area contributed by atoms with E-state index < -0.39 is 17.8 Å². The third-order valence-electron chi connectivity index (χ3n) is 0.834. The van der Waals surface area contributed by atoms with E-state index in [-0.39, 0.29) is 12.8 Å². The predicted octanol–water partition coefficient (Wildman–Crippen LogP) is 2.48. The van der Waals surface area contributed by atoms with Crippen molar-refractivity contribution in [3.05, 3.63) is 0 Å². The Bertz CT molecular complexity index is 121. The van der Waals surface area contributed by atoms with Crippen molar-refractivity contribution in [3.63, 3.8) is 0 Å². The number of hydrogen-bond donors (Lipinski definition) is 0. The van der Waals surface area contributed by atoms with Crippen molar-refractivity contribution < 1.29 is 18.0 Å². The van der Waals surface area contributed by atoms with E-state index in [1.165, 1.54) is 0 Å². The largest absolute Gasteiger partial charge is 0.389 e. The fourth-order valence-corrected chi connectivity index (χ4v) is 0.561. The molecular formula is C5H6ClF3O. The van der Waals surface area contributed by atoms with Crippen LogP contribution in [-0.4, -0.2) is 11.4 Å².